The first-order valence-corrected chi connectivity index (χ1v) is 7.18. The number of aliphatic hydroxyl groups is 1. The molecule has 1 aliphatic heterocycles. The van der Waals surface area contributed by atoms with Crippen molar-refractivity contribution >= 4 is 17.5 Å². The average molecular weight is 292 g/mol. The summed E-state index contributed by atoms with van der Waals surface area (Å²) in [5.74, 6) is -0.937. The van der Waals surface area contributed by atoms with Crippen LogP contribution in [0.1, 0.15) is 33.1 Å². The topological polar surface area (TPSA) is 67.8 Å². The molecule has 0 bridgehead atoms. The molecule has 1 aliphatic carbocycles. The maximum atomic E-state index is 11.6. The maximum Gasteiger partial charge on any atom is 0.235 e. The zero-order chi connectivity index (χ0) is 14.1. The Balaban J connectivity index is 2.17. The monoisotopic (exact) mass is 291 g/mol. The van der Waals surface area contributed by atoms with E-state index in [1.165, 1.54) is 0 Å². The van der Waals surface area contributed by atoms with E-state index in [-0.39, 0.29) is 23.8 Å². The van der Waals surface area contributed by atoms with Crippen molar-refractivity contribution in [2.75, 3.05) is 25.7 Å². The van der Waals surface area contributed by atoms with Gasteiger partial charge < -0.3 is 19.9 Å². The molecule has 1 saturated heterocycles. The molecule has 6 heteroatoms. The highest BCUT2D eigenvalue weighted by Crippen LogP contribution is 2.51. The van der Waals surface area contributed by atoms with E-state index < -0.39 is 11.3 Å². The number of amides is 1. The van der Waals surface area contributed by atoms with Crippen LogP contribution in [0.2, 0.25) is 0 Å². The molecule has 2 rings (SSSR count). The number of hydrogen-bond acceptors (Lipinski definition) is 4. The van der Waals surface area contributed by atoms with Gasteiger partial charge in [-0.15, -0.1) is 11.6 Å². The van der Waals surface area contributed by atoms with Crippen LogP contribution in [0, 0.1) is 5.41 Å². The Hall–Kier alpha value is -0.360. The number of halogens is 1. The summed E-state index contributed by atoms with van der Waals surface area (Å²) >= 11 is 5.54. The Morgan fingerprint density at radius 1 is 1.32 bits per heavy atom. The SMILES string of the molecule is CC1(C)CC(CO)(NC(=O)CCl)CCC12OCCO2. The third-order valence-corrected chi connectivity index (χ3v) is 4.57. The molecule has 1 unspecified atom stereocenters. The Labute approximate surface area is 118 Å². The normalized spacial score (nSPS) is 32.4. The van der Waals surface area contributed by atoms with E-state index in [1.807, 2.05) is 0 Å². The van der Waals surface area contributed by atoms with Gasteiger partial charge in [0, 0.05) is 11.8 Å². The van der Waals surface area contributed by atoms with Crippen LogP contribution < -0.4 is 5.32 Å². The van der Waals surface area contributed by atoms with Gasteiger partial charge in [0.2, 0.25) is 5.91 Å². The largest absolute Gasteiger partial charge is 0.394 e. The van der Waals surface area contributed by atoms with Gasteiger partial charge in [-0.2, -0.15) is 0 Å². The second-order valence-electron chi connectivity index (χ2n) is 6.13. The van der Waals surface area contributed by atoms with Gasteiger partial charge >= 0.3 is 0 Å². The number of rotatable bonds is 3. The van der Waals surface area contributed by atoms with Crippen molar-refractivity contribution in [3.05, 3.63) is 0 Å². The van der Waals surface area contributed by atoms with E-state index in [4.69, 9.17) is 21.1 Å². The average Bonchev–Trinajstić information content (AvgIpc) is 2.84. The number of nitrogens with one attached hydrogen (secondary N) is 1. The lowest BCUT2D eigenvalue weighted by Crippen LogP contribution is -2.63. The molecule has 110 valence electrons. The third-order valence-electron chi connectivity index (χ3n) is 4.33. The summed E-state index contributed by atoms with van der Waals surface area (Å²) in [6.07, 6.45) is 1.87. The Morgan fingerprint density at radius 3 is 2.42 bits per heavy atom. The first kappa shape index (κ1) is 15.0. The van der Waals surface area contributed by atoms with Gasteiger partial charge in [0.1, 0.15) is 5.88 Å². The second kappa shape index (κ2) is 5.20. The van der Waals surface area contributed by atoms with E-state index in [2.05, 4.69) is 19.2 Å². The van der Waals surface area contributed by atoms with Crippen LogP contribution in [0.4, 0.5) is 0 Å². The van der Waals surface area contributed by atoms with Gasteiger partial charge in [-0.05, 0) is 12.8 Å². The fourth-order valence-corrected chi connectivity index (χ4v) is 3.48. The van der Waals surface area contributed by atoms with Gasteiger partial charge in [0.15, 0.2) is 5.79 Å². The van der Waals surface area contributed by atoms with E-state index in [1.54, 1.807) is 0 Å². The van der Waals surface area contributed by atoms with E-state index >= 15 is 0 Å². The van der Waals surface area contributed by atoms with Crippen molar-refractivity contribution in [1.29, 1.82) is 0 Å². The highest BCUT2D eigenvalue weighted by Gasteiger charge is 2.57. The molecule has 5 nitrogen and oxygen atoms in total. The van der Waals surface area contributed by atoms with E-state index in [9.17, 15) is 9.90 Å². The summed E-state index contributed by atoms with van der Waals surface area (Å²) in [4.78, 5) is 11.6. The zero-order valence-corrected chi connectivity index (χ0v) is 12.3. The lowest BCUT2D eigenvalue weighted by atomic mass is 9.64. The molecule has 0 aromatic rings. The summed E-state index contributed by atoms with van der Waals surface area (Å²) in [7, 11) is 0. The minimum absolute atomic E-state index is 0.0969. The minimum atomic E-state index is -0.629. The summed E-state index contributed by atoms with van der Waals surface area (Å²) < 4.78 is 11.6. The van der Waals surface area contributed by atoms with Crippen molar-refractivity contribution in [3.63, 3.8) is 0 Å². The lowest BCUT2D eigenvalue weighted by Gasteiger charge is -2.53. The Morgan fingerprint density at radius 2 is 1.95 bits per heavy atom. The van der Waals surface area contributed by atoms with Gasteiger partial charge in [-0.25, -0.2) is 0 Å². The molecule has 1 spiro atoms. The molecule has 0 aromatic carbocycles. The number of carbonyl (C=O) groups is 1. The second-order valence-corrected chi connectivity index (χ2v) is 6.40. The fraction of sp³-hybridized carbons (Fsp3) is 0.923. The van der Waals surface area contributed by atoms with Crippen LogP contribution >= 0.6 is 11.6 Å². The number of aliphatic hydroxyl groups excluding tert-OH is 1. The van der Waals surface area contributed by atoms with Gasteiger partial charge in [-0.3, -0.25) is 4.79 Å². The molecule has 1 atom stereocenters. The fourth-order valence-electron chi connectivity index (χ4n) is 3.41. The van der Waals surface area contributed by atoms with Crippen molar-refractivity contribution < 1.29 is 19.4 Å². The molecule has 19 heavy (non-hydrogen) atoms. The van der Waals surface area contributed by atoms with Gasteiger partial charge in [0.05, 0.1) is 25.4 Å². The van der Waals surface area contributed by atoms with Crippen LogP contribution in [-0.4, -0.2) is 48.0 Å². The van der Waals surface area contributed by atoms with Crippen molar-refractivity contribution in [2.45, 2.75) is 44.4 Å². The highest BCUT2D eigenvalue weighted by molar-refractivity contribution is 6.27. The molecule has 2 aliphatic rings. The van der Waals surface area contributed by atoms with Crippen molar-refractivity contribution in [1.82, 2.24) is 5.32 Å². The lowest BCUT2D eigenvalue weighted by molar-refractivity contribution is -0.257. The summed E-state index contributed by atoms with van der Waals surface area (Å²) in [6, 6.07) is 0. The summed E-state index contributed by atoms with van der Waals surface area (Å²) in [5, 5.41) is 12.6. The summed E-state index contributed by atoms with van der Waals surface area (Å²) in [6.45, 7) is 5.20. The molecule has 1 saturated carbocycles. The standard InChI is InChI=1S/C13H22ClNO4/c1-11(2)8-12(9-16,15-10(17)7-14)3-4-13(11)18-5-6-19-13/h16H,3-9H2,1-2H3,(H,15,17). The quantitative estimate of drug-likeness (QED) is 0.762. The van der Waals surface area contributed by atoms with E-state index in [0.717, 1.165) is 0 Å². The van der Waals surface area contributed by atoms with Crippen LogP contribution in [-0.2, 0) is 14.3 Å². The van der Waals surface area contributed by atoms with Gasteiger partial charge in [-0.1, -0.05) is 13.8 Å². The molecular weight excluding hydrogens is 270 g/mol. The van der Waals surface area contributed by atoms with Crippen LogP contribution in [0.3, 0.4) is 0 Å². The molecule has 0 radical (unpaired) electrons. The number of carbonyl (C=O) groups excluding carboxylic acids is 1. The van der Waals surface area contributed by atoms with E-state index in [0.29, 0.717) is 32.5 Å². The predicted molar refractivity (Wildman–Crippen MR) is 70.9 cm³/mol. The minimum Gasteiger partial charge on any atom is -0.394 e. The van der Waals surface area contributed by atoms with Crippen LogP contribution in [0.15, 0.2) is 0 Å². The van der Waals surface area contributed by atoms with Crippen molar-refractivity contribution in [3.8, 4) is 0 Å². The zero-order valence-electron chi connectivity index (χ0n) is 11.5. The molecule has 2 fully saturated rings. The van der Waals surface area contributed by atoms with Gasteiger partial charge in [0.25, 0.3) is 0 Å². The Bertz CT molecular complexity index is 355. The molecular formula is C13H22ClNO4. The smallest absolute Gasteiger partial charge is 0.235 e. The third kappa shape index (κ3) is 2.61. The van der Waals surface area contributed by atoms with Crippen LogP contribution in [0.25, 0.3) is 0 Å². The van der Waals surface area contributed by atoms with Crippen molar-refractivity contribution in [2.24, 2.45) is 5.41 Å². The molecule has 1 heterocycles. The van der Waals surface area contributed by atoms with Crippen LogP contribution in [0.5, 0.6) is 0 Å². The number of ether oxygens (including phenoxy) is 2. The molecule has 2 N–H and O–H groups in total. The molecule has 0 aromatic heterocycles. The predicted octanol–water partition coefficient (Wildman–Crippen LogP) is 1.03. The number of alkyl halides is 1. The summed E-state index contributed by atoms with van der Waals surface area (Å²) in [5.41, 5.74) is -0.917. The number of hydrogen-bond donors (Lipinski definition) is 2. The highest BCUT2D eigenvalue weighted by atomic mass is 35.5. The first-order valence-electron chi connectivity index (χ1n) is 6.64. The Kier molecular flexibility index (Phi) is 4.12. The maximum absolute atomic E-state index is 11.6. The first-order chi connectivity index (χ1) is 8.89. The molecule has 1 amide bonds.